The molecule has 0 radical (unpaired) electrons. The van der Waals surface area contributed by atoms with Crippen LogP contribution in [0.1, 0.15) is 12.0 Å². The first kappa shape index (κ1) is 15.2. The molecule has 0 amide bonds. The number of hydrogen-bond donors (Lipinski definition) is 3. The first-order valence-corrected chi connectivity index (χ1v) is 5.85. The zero-order valence-corrected chi connectivity index (χ0v) is 10.6. The molecule has 3 N–H and O–H groups in total. The number of ether oxygens (including phenoxy) is 1. The average molecular weight is 265 g/mol. The summed E-state index contributed by atoms with van der Waals surface area (Å²) in [6.07, 6.45) is -0.340. The number of aliphatic carboxylic acids is 1. The van der Waals surface area contributed by atoms with Crippen molar-refractivity contribution in [2.45, 2.75) is 25.9 Å². The topological polar surface area (TPSA) is 95.9 Å². The number of carboxylic acid groups (broad SMARTS) is 1. The Kier molecular flexibility index (Phi) is 6.04. The van der Waals surface area contributed by atoms with Gasteiger partial charge >= 0.3 is 19.0 Å². The van der Waals surface area contributed by atoms with E-state index in [1.165, 1.54) is 6.82 Å². The lowest BCUT2D eigenvalue weighted by molar-refractivity contribution is -0.150. The minimum Gasteiger partial charge on any atom is -0.480 e. The molecule has 7 heteroatoms. The highest BCUT2D eigenvalue weighted by atomic mass is 16.5. The van der Waals surface area contributed by atoms with Crippen molar-refractivity contribution < 1.29 is 24.5 Å². The van der Waals surface area contributed by atoms with E-state index in [4.69, 9.17) is 14.9 Å². The molecule has 0 spiro atoms. The van der Waals surface area contributed by atoms with Crippen molar-refractivity contribution in [3.05, 3.63) is 35.9 Å². The second-order valence-corrected chi connectivity index (χ2v) is 4.08. The Balaban J connectivity index is 2.42. The summed E-state index contributed by atoms with van der Waals surface area (Å²) < 4.78 is 4.97. The summed E-state index contributed by atoms with van der Waals surface area (Å²) in [6, 6.07) is 7.92. The fraction of sp³-hybridized carbons (Fsp3) is 0.333. The number of nitrogens with one attached hydrogen (secondary N) is 1. The van der Waals surface area contributed by atoms with E-state index >= 15 is 0 Å². The monoisotopic (exact) mass is 265 g/mol. The molecule has 19 heavy (non-hydrogen) atoms. The highest BCUT2D eigenvalue weighted by Gasteiger charge is 2.24. The normalized spacial score (nSPS) is 11.7. The quantitative estimate of drug-likeness (QED) is 0.484. The zero-order chi connectivity index (χ0) is 14.3. The van der Waals surface area contributed by atoms with Gasteiger partial charge in [-0.15, -0.1) is 0 Å². The van der Waals surface area contributed by atoms with Crippen LogP contribution in [0.25, 0.3) is 0 Å². The SMILES string of the molecule is CB(O)N[C@@H](CC(=O)OCc1ccccc1)C(=O)O. The molecular weight excluding hydrogens is 249 g/mol. The second kappa shape index (κ2) is 7.55. The lowest BCUT2D eigenvalue weighted by atomic mass is 9.87. The molecule has 1 atom stereocenters. The molecule has 0 fully saturated rings. The Morgan fingerprint density at radius 1 is 1.37 bits per heavy atom. The molecule has 0 aromatic heterocycles. The highest BCUT2D eigenvalue weighted by Crippen LogP contribution is 2.03. The van der Waals surface area contributed by atoms with E-state index in [1.807, 2.05) is 18.2 Å². The number of hydrogen-bond acceptors (Lipinski definition) is 5. The van der Waals surface area contributed by atoms with Gasteiger partial charge in [0.05, 0.1) is 6.42 Å². The summed E-state index contributed by atoms with van der Waals surface area (Å²) in [5.41, 5.74) is 0.825. The van der Waals surface area contributed by atoms with Crippen LogP contribution in [0.5, 0.6) is 0 Å². The van der Waals surface area contributed by atoms with Crippen molar-refractivity contribution in [2.24, 2.45) is 0 Å². The Morgan fingerprint density at radius 2 is 2.00 bits per heavy atom. The molecule has 0 saturated carbocycles. The number of carbonyl (C=O) groups excluding carboxylic acids is 1. The van der Waals surface area contributed by atoms with E-state index in [1.54, 1.807) is 12.1 Å². The van der Waals surface area contributed by atoms with Gasteiger partial charge in [-0.2, -0.15) is 0 Å². The molecule has 6 nitrogen and oxygen atoms in total. The standard InChI is InChI=1S/C12H16BNO5/c1-13(18)14-10(12(16)17)7-11(15)19-8-9-5-3-2-4-6-9/h2-6,10,14,18H,7-8H2,1H3,(H,16,17)/t10-/m0/s1. The molecule has 0 aliphatic rings. The molecule has 1 aromatic carbocycles. The van der Waals surface area contributed by atoms with Gasteiger partial charge < -0.3 is 20.1 Å². The van der Waals surface area contributed by atoms with Crippen LogP contribution in [0.2, 0.25) is 6.82 Å². The summed E-state index contributed by atoms with van der Waals surface area (Å²) in [5, 5.41) is 20.3. The first-order valence-electron chi connectivity index (χ1n) is 5.85. The average Bonchev–Trinajstić information content (AvgIpc) is 2.36. The van der Waals surface area contributed by atoms with Crippen molar-refractivity contribution in [3.8, 4) is 0 Å². The third kappa shape index (κ3) is 6.03. The minimum atomic E-state index is -1.21. The number of esters is 1. The summed E-state index contributed by atoms with van der Waals surface area (Å²) >= 11 is 0. The molecule has 0 heterocycles. The van der Waals surface area contributed by atoms with Crippen molar-refractivity contribution >= 4 is 19.0 Å². The third-order valence-electron chi connectivity index (χ3n) is 2.35. The lowest BCUT2D eigenvalue weighted by Gasteiger charge is -2.14. The maximum absolute atomic E-state index is 11.5. The van der Waals surface area contributed by atoms with Gasteiger partial charge in [-0.05, 0) is 12.4 Å². The largest absolute Gasteiger partial charge is 0.480 e. The van der Waals surface area contributed by atoms with Crippen LogP contribution in [0.15, 0.2) is 30.3 Å². The van der Waals surface area contributed by atoms with Crippen LogP contribution >= 0.6 is 0 Å². The van der Waals surface area contributed by atoms with Crippen molar-refractivity contribution in [2.75, 3.05) is 0 Å². The molecule has 0 aliphatic carbocycles. The van der Waals surface area contributed by atoms with Gasteiger partial charge in [0, 0.05) is 0 Å². The van der Waals surface area contributed by atoms with Gasteiger partial charge in [-0.3, -0.25) is 9.59 Å². The molecular formula is C12H16BNO5. The predicted octanol–water partition coefficient (Wildman–Crippen LogP) is 0.273. The Hall–Kier alpha value is -1.86. The predicted molar refractivity (Wildman–Crippen MR) is 69.3 cm³/mol. The molecule has 102 valence electrons. The van der Waals surface area contributed by atoms with Gasteiger partial charge in [0.1, 0.15) is 12.6 Å². The van der Waals surface area contributed by atoms with E-state index in [0.717, 1.165) is 5.56 Å². The van der Waals surface area contributed by atoms with E-state index in [-0.39, 0.29) is 13.0 Å². The van der Waals surface area contributed by atoms with Crippen LogP contribution in [0.3, 0.4) is 0 Å². The van der Waals surface area contributed by atoms with Gasteiger partial charge in [-0.25, -0.2) is 0 Å². The highest BCUT2D eigenvalue weighted by molar-refractivity contribution is 6.46. The number of carbonyl (C=O) groups is 2. The van der Waals surface area contributed by atoms with Crippen molar-refractivity contribution in [3.63, 3.8) is 0 Å². The van der Waals surface area contributed by atoms with Gasteiger partial charge in [0.2, 0.25) is 0 Å². The smallest absolute Gasteiger partial charge is 0.374 e. The van der Waals surface area contributed by atoms with Crippen LogP contribution in [0, 0.1) is 0 Å². The maximum Gasteiger partial charge on any atom is 0.374 e. The number of benzene rings is 1. The van der Waals surface area contributed by atoms with Gasteiger partial charge in [0.15, 0.2) is 0 Å². The summed E-state index contributed by atoms with van der Waals surface area (Å²) in [7, 11) is -1.01. The van der Waals surface area contributed by atoms with Crippen molar-refractivity contribution in [1.82, 2.24) is 5.23 Å². The maximum atomic E-state index is 11.5. The minimum absolute atomic E-state index is 0.0979. The zero-order valence-electron chi connectivity index (χ0n) is 10.6. The van der Waals surface area contributed by atoms with Gasteiger partial charge in [-0.1, -0.05) is 30.3 Å². The van der Waals surface area contributed by atoms with Gasteiger partial charge in [0.25, 0.3) is 0 Å². The van der Waals surface area contributed by atoms with E-state index in [9.17, 15) is 9.59 Å². The van der Waals surface area contributed by atoms with Crippen LogP contribution in [0.4, 0.5) is 0 Å². The van der Waals surface area contributed by atoms with E-state index in [2.05, 4.69) is 5.23 Å². The molecule has 1 aromatic rings. The second-order valence-electron chi connectivity index (χ2n) is 4.08. The molecule has 0 unspecified atom stereocenters. The van der Waals surface area contributed by atoms with Crippen LogP contribution in [-0.2, 0) is 20.9 Å². The first-order chi connectivity index (χ1) is 8.99. The Labute approximate surface area is 111 Å². The fourth-order valence-corrected chi connectivity index (χ4v) is 1.47. The third-order valence-corrected chi connectivity index (χ3v) is 2.35. The molecule has 1 rings (SSSR count). The summed E-state index contributed by atoms with van der Waals surface area (Å²) in [5.74, 6) is -1.85. The van der Waals surface area contributed by atoms with Crippen LogP contribution < -0.4 is 5.23 Å². The Bertz CT molecular complexity index is 423. The van der Waals surface area contributed by atoms with Crippen molar-refractivity contribution in [1.29, 1.82) is 0 Å². The number of rotatable bonds is 7. The lowest BCUT2D eigenvalue weighted by Crippen LogP contribution is -2.46. The fourth-order valence-electron chi connectivity index (χ4n) is 1.47. The van der Waals surface area contributed by atoms with E-state index in [0.29, 0.717) is 0 Å². The van der Waals surface area contributed by atoms with Crippen LogP contribution in [-0.4, -0.2) is 35.2 Å². The number of carboxylic acids is 1. The summed E-state index contributed by atoms with van der Waals surface area (Å²) in [4.78, 5) is 22.4. The Morgan fingerprint density at radius 3 is 2.53 bits per heavy atom. The molecule has 0 bridgehead atoms. The molecule has 0 aliphatic heterocycles. The molecule has 0 saturated heterocycles. The summed E-state index contributed by atoms with van der Waals surface area (Å²) in [6.45, 7) is 1.48. The van der Waals surface area contributed by atoms with E-state index < -0.39 is 25.0 Å².